The van der Waals surface area contributed by atoms with E-state index in [1.54, 1.807) is 0 Å². The minimum absolute atomic E-state index is 0.512. The van der Waals surface area contributed by atoms with E-state index in [1.807, 2.05) is 25.3 Å². The Balaban J connectivity index is 1.45. The number of piperidine rings is 1. The molecule has 0 saturated carbocycles. The van der Waals surface area contributed by atoms with Gasteiger partial charge < -0.3 is 4.74 Å². The summed E-state index contributed by atoms with van der Waals surface area (Å²) in [5.41, 5.74) is 3.73. The highest BCUT2D eigenvalue weighted by Crippen LogP contribution is 2.29. The van der Waals surface area contributed by atoms with Gasteiger partial charge in [-0.05, 0) is 50.1 Å². The van der Waals surface area contributed by atoms with Crippen LogP contribution in [0.4, 0.5) is 0 Å². The minimum Gasteiger partial charge on any atom is -0.489 e. The van der Waals surface area contributed by atoms with Crippen molar-refractivity contribution in [3.8, 4) is 5.75 Å². The summed E-state index contributed by atoms with van der Waals surface area (Å²) in [5.74, 6) is 2.37. The molecule has 4 nitrogen and oxygen atoms in total. The van der Waals surface area contributed by atoms with E-state index < -0.39 is 0 Å². The van der Waals surface area contributed by atoms with E-state index in [-0.39, 0.29) is 0 Å². The molecule has 4 rings (SSSR count). The highest BCUT2D eigenvalue weighted by molar-refractivity contribution is 5.62. The van der Waals surface area contributed by atoms with Gasteiger partial charge in [-0.2, -0.15) is 0 Å². The fourth-order valence-corrected chi connectivity index (χ4v) is 3.68. The first-order valence-electron chi connectivity index (χ1n) is 8.71. The van der Waals surface area contributed by atoms with Gasteiger partial charge in [-0.1, -0.05) is 18.2 Å². The van der Waals surface area contributed by atoms with Gasteiger partial charge in [-0.25, -0.2) is 9.97 Å². The molecule has 2 aliphatic heterocycles. The third-order valence-electron chi connectivity index (χ3n) is 4.84. The molecule has 0 bridgehead atoms. The summed E-state index contributed by atoms with van der Waals surface area (Å²) in [7, 11) is 0. The zero-order chi connectivity index (χ0) is 16.4. The third kappa shape index (κ3) is 3.34. The second-order valence-electron chi connectivity index (χ2n) is 6.73. The standard InChI is InChI=1S/C20H23N3O/c1-15-21-9-8-19(22-15)18-6-4-10-23(13-18)12-16-11-17-5-2-3-7-20(17)24-14-16/h2-3,5,7-9,11,18H,4,6,10,12-14H2,1H3. The molecule has 1 fully saturated rings. The highest BCUT2D eigenvalue weighted by Gasteiger charge is 2.24. The molecule has 0 aliphatic carbocycles. The molecule has 1 saturated heterocycles. The van der Waals surface area contributed by atoms with Crippen molar-refractivity contribution in [3.05, 3.63) is 59.2 Å². The highest BCUT2D eigenvalue weighted by atomic mass is 16.5. The Morgan fingerprint density at radius 3 is 3.08 bits per heavy atom. The number of nitrogens with zero attached hydrogens (tertiary/aromatic N) is 3. The van der Waals surface area contributed by atoms with Crippen LogP contribution in [-0.4, -0.2) is 41.1 Å². The molecule has 0 N–H and O–H groups in total. The molecule has 3 heterocycles. The van der Waals surface area contributed by atoms with Crippen LogP contribution in [0, 0.1) is 6.92 Å². The topological polar surface area (TPSA) is 38.2 Å². The number of aromatic nitrogens is 2. The monoisotopic (exact) mass is 321 g/mol. The van der Waals surface area contributed by atoms with Crippen LogP contribution >= 0.6 is 0 Å². The number of aryl methyl sites for hydroxylation is 1. The lowest BCUT2D eigenvalue weighted by molar-refractivity contribution is 0.213. The van der Waals surface area contributed by atoms with Crippen molar-refractivity contribution in [2.24, 2.45) is 0 Å². The second-order valence-corrected chi connectivity index (χ2v) is 6.73. The van der Waals surface area contributed by atoms with E-state index in [2.05, 4.69) is 39.1 Å². The number of hydrogen-bond donors (Lipinski definition) is 0. The first-order valence-corrected chi connectivity index (χ1v) is 8.71. The summed E-state index contributed by atoms with van der Waals surface area (Å²) in [6.07, 6.45) is 6.60. The molecule has 124 valence electrons. The van der Waals surface area contributed by atoms with E-state index in [9.17, 15) is 0 Å². The smallest absolute Gasteiger partial charge is 0.127 e. The number of hydrogen-bond acceptors (Lipinski definition) is 4. The van der Waals surface area contributed by atoms with Gasteiger partial charge in [-0.15, -0.1) is 0 Å². The average Bonchev–Trinajstić information content (AvgIpc) is 2.62. The van der Waals surface area contributed by atoms with Crippen LogP contribution in [0.1, 0.15) is 35.8 Å². The van der Waals surface area contributed by atoms with Crippen molar-refractivity contribution < 1.29 is 4.74 Å². The molecule has 2 aliphatic rings. The Morgan fingerprint density at radius 1 is 1.25 bits per heavy atom. The van der Waals surface area contributed by atoms with Gasteiger partial charge in [0.15, 0.2) is 0 Å². The van der Waals surface area contributed by atoms with Crippen LogP contribution < -0.4 is 4.74 Å². The fraction of sp³-hybridized carbons (Fsp3) is 0.400. The second kappa shape index (κ2) is 6.73. The SMILES string of the molecule is Cc1nccc(C2CCCN(CC3=Cc4ccccc4OC3)C2)n1. The number of likely N-dealkylation sites (tertiary alicyclic amines) is 1. The van der Waals surface area contributed by atoms with Crippen molar-refractivity contribution in [3.63, 3.8) is 0 Å². The Bertz CT molecular complexity index is 756. The summed E-state index contributed by atoms with van der Waals surface area (Å²) in [6, 6.07) is 10.3. The molecular weight excluding hydrogens is 298 g/mol. The molecule has 1 aromatic heterocycles. The Morgan fingerprint density at radius 2 is 2.17 bits per heavy atom. The quantitative estimate of drug-likeness (QED) is 0.868. The lowest BCUT2D eigenvalue weighted by Crippen LogP contribution is -2.37. The van der Waals surface area contributed by atoms with Gasteiger partial charge in [0.2, 0.25) is 0 Å². The number of benzene rings is 1. The van der Waals surface area contributed by atoms with Crippen LogP contribution in [0.25, 0.3) is 6.08 Å². The van der Waals surface area contributed by atoms with Gasteiger partial charge in [0.1, 0.15) is 18.2 Å². The van der Waals surface area contributed by atoms with Crippen molar-refractivity contribution in [2.45, 2.75) is 25.7 Å². The first kappa shape index (κ1) is 15.3. The number of rotatable bonds is 3. The molecule has 4 heteroatoms. The van der Waals surface area contributed by atoms with Crippen LogP contribution in [0.2, 0.25) is 0 Å². The fourth-order valence-electron chi connectivity index (χ4n) is 3.68. The Labute approximate surface area is 143 Å². The molecule has 24 heavy (non-hydrogen) atoms. The van der Waals surface area contributed by atoms with Crippen molar-refractivity contribution in [1.29, 1.82) is 0 Å². The average molecular weight is 321 g/mol. The summed E-state index contributed by atoms with van der Waals surface area (Å²) in [4.78, 5) is 11.4. The lowest BCUT2D eigenvalue weighted by atomic mass is 9.94. The van der Waals surface area contributed by atoms with E-state index in [0.717, 1.165) is 31.2 Å². The summed E-state index contributed by atoms with van der Waals surface area (Å²) >= 11 is 0. The zero-order valence-corrected chi connectivity index (χ0v) is 14.1. The number of ether oxygens (including phenoxy) is 1. The van der Waals surface area contributed by atoms with Gasteiger partial charge in [0.05, 0.1) is 0 Å². The van der Waals surface area contributed by atoms with Crippen molar-refractivity contribution >= 4 is 6.08 Å². The molecule has 0 radical (unpaired) electrons. The molecule has 2 aromatic rings. The molecule has 0 amide bonds. The third-order valence-corrected chi connectivity index (χ3v) is 4.84. The lowest BCUT2D eigenvalue weighted by Gasteiger charge is -2.33. The van der Waals surface area contributed by atoms with Gasteiger partial charge >= 0.3 is 0 Å². The van der Waals surface area contributed by atoms with Crippen molar-refractivity contribution in [2.75, 3.05) is 26.2 Å². The first-order chi connectivity index (χ1) is 11.8. The maximum absolute atomic E-state index is 5.89. The maximum Gasteiger partial charge on any atom is 0.127 e. The predicted octanol–water partition coefficient (Wildman–Crippen LogP) is 3.44. The molecular formula is C20H23N3O. The number of fused-ring (bicyclic) bond motifs is 1. The van der Waals surface area contributed by atoms with E-state index in [4.69, 9.17) is 4.74 Å². The molecule has 1 aromatic carbocycles. The van der Waals surface area contributed by atoms with Gasteiger partial charge in [0.25, 0.3) is 0 Å². The van der Waals surface area contributed by atoms with Crippen LogP contribution in [0.15, 0.2) is 42.1 Å². The van der Waals surface area contributed by atoms with E-state index in [0.29, 0.717) is 12.5 Å². The summed E-state index contributed by atoms with van der Waals surface area (Å²) in [6.45, 7) is 5.86. The van der Waals surface area contributed by atoms with Crippen LogP contribution in [-0.2, 0) is 0 Å². The van der Waals surface area contributed by atoms with Gasteiger partial charge in [-0.3, -0.25) is 4.90 Å². The number of para-hydroxylation sites is 1. The van der Waals surface area contributed by atoms with Gasteiger partial charge in [0, 0.05) is 36.5 Å². The normalized spacial score (nSPS) is 20.9. The van der Waals surface area contributed by atoms with Crippen molar-refractivity contribution in [1.82, 2.24) is 14.9 Å². The van der Waals surface area contributed by atoms with Crippen LogP contribution in [0.3, 0.4) is 0 Å². The zero-order valence-electron chi connectivity index (χ0n) is 14.1. The molecule has 0 spiro atoms. The van der Waals surface area contributed by atoms with E-state index in [1.165, 1.54) is 29.7 Å². The van der Waals surface area contributed by atoms with Crippen LogP contribution in [0.5, 0.6) is 5.75 Å². The Kier molecular flexibility index (Phi) is 4.30. The summed E-state index contributed by atoms with van der Waals surface area (Å²) < 4.78 is 5.89. The largest absolute Gasteiger partial charge is 0.489 e. The molecule has 1 atom stereocenters. The van der Waals surface area contributed by atoms with E-state index >= 15 is 0 Å². The Hall–Kier alpha value is -2.20. The predicted molar refractivity (Wildman–Crippen MR) is 95.1 cm³/mol. The summed E-state index contributed by atoms with van der Waals surface area (Å²) in [5, 5.41) is 0. The minimum atomic E-state index is 0.512. The molecule has 1 unspecified atom stereocenters. The maximum atomic E-state index is 5.89.